The lowest BCUT2D eigenvalue weighted by Gasteiger charge is -2.12. The van der Waals surface area contributed by atoms with Crippen molar-refractivity contribution in [3.05, 3.63) is 30.6 Å². The highest BCUT2D eigenvalue weighted by Gasteiger charge is 2.13. The minimum Gasteiger partial charge on any atom is -0.512 e. The van der Waals surface area contributed by atoms with E-state index in [2.05, 4.69) is 32.2 Å². The first kappa shape index (κ1) is 18.9. The summed E-state index contributed by atoms with van der Waals surface area (Å²) >= 11 is 0. The molecule has 0 aromatic heterocycles. The van der Waals surface area contributed by atoms with Crippen molar-refractivity contribution in [2.24, 2.45) is 0 Å². The maximum atomic E-state index is 6.25. The molecule has 1 atom stereocenters. The molecule has 0 aromatic carbocycles. The van der Waals surface area contributed by atoms with Gasteiger partial charge in [-0.15, -0.1) is 0 Å². The van der Waals surface area contributed by atoms with Gasteiger partial charge in [0.1, 0.15) is 5.70 Å². The minimum absolute atomic E-state index is 1.19. The minimum atomic E-state index is 1.19. The number of quaternary nitrogens is 1. The van der Waals surface area contributed by atoms with Gasteiger partial charge in [0.25, 0.3) is 0 Å². The van der Waals surface area contributed by atoms with Crippen molar-refractivity contribution in [1.82, 2.24) is 0 Å². The molecule has 1 unspecified atom stereocenters. The zero-order chi connectivity index (χ0) is 15.1. The first-order valence-electron chi connectivity index (χ1n) is 8.34. The molecule has 0 saturated carbocycles. The van der Waals surface area contributed by atoms with Crippen molar-refractivity contribution in [2.75, 3.05) is 6.54 Å². The predicted molar refractivity (Wildman–Crippen MR) is 85.5 cm³/mol. The van der Waals surface area contributed by atoms with Crippen molar-refractivity contribution >= 4 is 0 Å². The van der Waals surface area contributed by atoms with E-state index in [1.165, 1.54) is 70.8 Å². The zero-order valence-electron chi connectivity index (χ0n) is 13.5. The molecule has 1 aliphatic rings. The van der Waals surface area contributed by atoms with Crippen LogP contribution in [0, 0.1) is 11.8 Å². The second-order valence-corrected chi connectivity index (χ2v) is 5.51. The third-order valence-electron chi connectivity index (χ3n) is 3.94. The molecule has 0 spiro atoms. The van der Waals surface area contributed by atoms with Crippen LogP contribution in [0.15, 0.2) is 24.0 Å². The van der Waals surface area contributed by atoms with Crippen LogP contribution in [0.5, 0.6) is 0 Å². The van der Waals surface area contributed by atoms with Crippen LogP contribution in [-0.4, -0.2) is 6.54 Å². The van der Waals surface area contributed by atoms with Crippen molar-refractivity contribution in [2.45, 2.75) is 78.1 Å². The van der Waals surface area contributed by atoms with E-state index in [0.29, 0.717) is 0 Å². The summed E-state index contributed by atoms with van der Waals surface area (Å²) in [7, 11) is 0. The van der Waals surface area contributed by atoms with Gasteiger partial charge >= 0.3 is 0 Å². The highest BCUT2D eigenvalue weighted by atomic mass is 15.1. The average molecular weight is 276 g/mol. The Bertz CT molecular complexity index is 289. The van der Waals surface area contributed by atoms with Crippen LogP contribution in [0.1, 0.15) is 78.1 Å². The van der Waals surface area contributed by atoms with Gasteiger partial charge in [0, 0.05) is 12.5 Å². The van der Waals surface area contributed by atoms with E-state index in [4.69, 9.17) is 11.8 Å². The topological polar surface area (TPSA) is 28.2 Å². The zero-order valence-corrected chi connectivity index (χ0v) is 13.5. The van der Waals surface area contributed by atoms with Crippen molar-refractivity contribution in [1.29, 1.82) is 5.26 Å². The smallest absolute Gasteiger partial charge is 0.112 e. The molecule has 1 heterocycles. The number of allylic oxidation sites excluding steroid dienone is 3. The van der Waals surface area contributed by atoms with Gasteiger partial charge in [0.15, 0.2) is 0 Å². The van der Waals surface area contributed by atoms with Gasteiger partial charge in [0.2, 0.25) is 0 Å². The molecule has 0 fully saturated rings. The summed E-state index contributed by atoms with van der Waals surface area (Å²) in [6.07, 6.45) is 20.8. The fraction of sp³-hybridized carbons (Fsp3) is 0.722. The molecule has 20 heavy (non-hydrogen) atoms. The lowest BCUT2D eigenvalue weighted by atomic mass is 10.1. The van der Waals surface area contributed by atoms with Crippen LogP contribution < -0.4 is 4.90 Å². The monoisotopic (exact) mass is 276 g/mol. The molecular formula is C18H32N2. The van der Waals surface area contributed by atoms with Crippen molar-refractivity contribution in [3.63, 3.8) is 0 Å². The van der Waals surface area contributed by atoms with Crippen LogP contribution in [-0.2, 0) is 0 Å². The van der Waals surface area contributed by atoms with Gasteiger partial charge < -0.3 is 11.8 Å². The Balaban J connectivity index is 0.00000172. The second kappa shape index (κ2) is 14.3. The van der Waals surface area contributed by atoms with E-state index in [1.807, 2.05) is 0 Å². The summed E-state index contributed by atoms with van der Waals surface area (Å²) in [4.78, 5) is 1.60. The molecule has 2 heteroatoms. The first-order chi connectivity index (χ1) is 9.88. The van der Waals surface area contributed by atoms with Crippen molar-refractivity contribution in [3.8, 4) is 0 Å². The van der Waals surface area contributed by atoms with E-state index in [1.54, 1.807) is 10.6 Å². The van der Waals surface area contributed by atoms with Gasteiger partial charge in [0.05, 0.1) is 12.7 Å². The molecule has 2 nitrogen and oxygen atoms in total. The Hall–Kier alpha value is -1.07. The third-order valence-corrected chi connectivity index (χ3v) is 3.94. The summed E-state index contributed by atoms with van der Waals surface area (Å²) in [5.74, 6) is 0. The quantitative estimate of drug-likeness (QED) is 0.442. The number of rotatable bonds is 11. The number of nitrogens with one attached hydrogen (secondary N) is 1. The van der Waals surface area contributed by atoms with Gasteiger partial charge in [-0.1, -0.05) is 58.8 Å². The summed E-state index contributed by atoms with van der Waals surface area (Å²) in [6, 6.07) is 0. The Morgan fingerprint density at radius 1 is 0.900 bits per heavy atom. The maximum absolute atomic E-state index is 6.25. The van der Waals surface area contributed by atoms with Crippen molar-refractivity contribution < 1.29 is 4.90 Å². The van der Waals surface area contributed by atoms with E-state index in [-0.39, 0.29) is 0 Å². The maximum Gasteiger partial charge on any atom is 0.112 e. The molecule has 0 aromatic rings. The van der Waals surface area contributed by atoms with E-state index in [9.17, 15) is 0 Å². The molecule has 1 rings (SSSR count). The van der Waals surface area contributed by atoms with Gasteiger partial charge in [-0.2, -0.15) is 0 Å². The Kier molecular flexibility index (Phi) is 13.6. The van der Waals surface area contributed by atoms with Gasteiger partial charge in [-0.25, -0.2) is 0 Å². The SMILES string of the molecule is CCCCCCCCCCC[NH+]1C=CC=C1CC.[C-]#N. The Morgan fingerprint density at radius 3 is 2.00 bits per heavy atom. The molecule has 0 bridgehead atoms. The largest absolute Gasteiger partial charge is 0.512 e. The van der Waals surface area contributed by atoms with Gasteiger partial charge in [-0.05, 0) is 18.9 Å². The molecule has 114 valence electrons. The summed E-state index contributed by atoms with van der Waals surface area (Å²) < 4.78 is 0. The van der Waals surface area contributed by atoms with Crippen LogP contribution in [0.25, 0.3) is 0 Å². The molecule has 0 aliphatic carbocycles. The normalized spacial score (nSPS) is 16.6. The summed E-state index contributed by atoms with van der Waals surface area (Å²) in [5.41, 5.74) is 1.56. The standard InChI is InChI=1S/C17H31N.CN/c1-3-5-6-7-8-9-10-11-12-15-18-16-13-14-17(18)4-2;1-2/h13-14,16H,3-12,15H2,1-2H3;/q;-1/p+1. The molecule has 0 amide bonds. The number of unbranched alkanes of at least 4 members (excludes halogenated alkanes) is 8. The molecule has 0 radical (unpaired) electrons. The van der Waals surface area contributed by atoms with Crippen LogP contribution in [0.3, 0.4) is 0 Å². The fourth-order valence-electron chi connectivity index (χ4n) is 2.71. The number of hydrogen-bond acceptors (Lipinski definition) is 1. The van der Waals surface area contributed by atoms with Crippen LogP contribution in [0.4, 0.5) is 0 Å². The average Bonchev–Trinajstić information content (AvgIpc) is 2.95. The lowest BCUT2D eigenvalue weighted by molar-refractivity contribution is -0.804. The molecule has 0 saturated heterocycles. The highest BCUT2D eigenvalue weighted by Crippen LogP contribution is 2.09. The molecular weight excluding hydrogens is 244 g/mol. The third kappa shape index (κ3) is 8.93. The number of nitrogens with zero attached hydrogens (tertiary/aromatic N) is 1. The lowest BCUT2D eigenvalue weighted by Crippen LogP contribution is -3.04. The van der Waals surface area contributed by atoms with E-state index >= 15 is 0 Å². The Labute approximate surface area is 126 Å². The van der Waals surface area contributed by atoms with E-state index in [0.717, 1.165) is 0 Å². The fourth-order valence-corrected chi connectivity index (χ4v) is 2.71. The summed E-state index contributed by atoms with van der Waals surface area (Å²) in [5, 5.41) is 6.25. The predicted octanol–water partition coefficient (Wildman–Crippen LogP) is 4.32. The van der Waals surface area contributed by atoms with E-state index < -0.39 is 0 Å². The van der Waals surface area contributed by atoms with Crippen LogP contribution >= 0.6 is 0 Å². The molecule has 1 N–H and O–H groups in total. The summed E-state index contributed by atoms with van der Waals surface area (Å²) in [6.45, 7) is 10.6. The second-order valence-electron chi connectivity index (χ2n) is 5.51. The highest BCUT2D eigenvalue weighted by molar-refractivity contribution is 5.09. The Morgan fingerprint density at radius 2 is 1.45 bits per heavy atom. The number of hydrogen-bond donors (Lipinski definition) is 1. The molecule has 1 aliphatic heterocycles. The first-order valence-corrected chi connectivity index (χ1v) is 8.34. The van der Waals surface area contributed by atoms with Gasteiger partial charge in [-0.3, -0.25) is 4.90 Å². The van der Waals surface area contributed by atoms with Crippen LogP contribution in [0.2, 0.25) is 0 Å².